The summed E-state index contributed by atoms with van der Waals surface area (Å²) in [4.78, 5) is 4.29. The van der Waals surface area contributed by atoms with Crippen molar-refractivity contribution in [2.24, 2.45) is 5.73 Å². The van der Waals surface area contributed by atoms with Gasteiger partial charge in [0.1, 0.15) is 5.75 Å². The molecule has 1 heterocycles. The van der Waals surface area contributed by atoms with Gasteiger partial charge in [0.25, 0.3) is 0 Å². The lowest BCUT2D eigenvalue weighted by Gasteiger charge is -2.05. The van der Waals surface area contributed by atoms with E-state index >= 15 is 0 Å². The van der Waals surface area contributed by atoms with E-state index in [9.17, 15) is 0 Å². The summed E-state index contributed by atoms with van der Waals surface area (Å²) < 4.78 is 15.6. The van der Waals surface area contributed by atoms with Crippen LogP contribution in [0.4, 0.5) is 0 Å². The number of hydrogen-bond donors (Lipinski definition) is 1. The number of aromatic nitrogens is 2. The lowest BCUT2D eigenvalue weighted by molar-refractivity contribution is 0.130. The van der Waals surface area contributed by atoms with Crippen LogP contribution in [0.3, 0.4) is 0 Å². The molecule has 0 saturated heterocycles. The average Bonchev–Trinajstić information content (AvgIpc) is 2.94. The van der Waals surface area contributed by atoms with Crippen molar-refractivity contribution in [3.8, 4) is 5.75 Å². The fourth-order valence-electron chi connectivity index (χ4n) is 1.73. The molecule has 6 heteroatoms. The minimum atomic E-state index is -0.358. The Bertz CT molecular complexity index is 525. The van der Waals surface area contributed by atoms with Gasteiger partial charge in [-0.25, -0.2) is 0 Å². The quantitative estimate of drug-likeness (QED) is 0.829. The first kappa shape index (κ1) is 14.5. The van der Waals surface area contributed by atoms with Crippen LogP contribution in [0, 0.1) is 0 Å². The van der Waals surface area contributed by atoms with Crippen LogP contribution in [-0.2, 0) is 11.2 Å². The molecule has 0 amide bonds. The van der Waals surface area contributed by atoms with E-state index in [0.717, 1.165) is 11.3 Å². The Morgan fingerprint density at radius 2 is 2.05 bits per heavy atom. The Kier molecular flexibility index (Phi) is 5.09. The molecule has 0 aliphatic carbocycles. The predicted molar refractivity (Wildman–Crippen MR) is 73.5 cm³/mol. The first-order chi connectivity index (χ1) is 9.72. The van der Waals surface area contributed by atoms with Crippen LogP contribution in [0.1, 0.15) is 30.2 Å². The van der Waals surface area contributed by atoms with Crippen molar-refractivity contribution in [3.63, 3.8) is 0 Å². The van der Waals surface area contributed by atoms with Gasteiger partial charge in [-0.3, -0.25) is 0 Å². The number of rotatable bonds is 7. The molecule has 108 valence electrons. The number of ether oxygens (including phenoxy) is 2. The van der Waals surface area contributed by atoms with E-state index in [1.807, 2.05) is 31.2 Å². The topological polar surface area (TPSA) is 83.4 Å². The van der Waals surface area contributed by atoms with Crippen LogP contribution in [0.25, 0.3) is 0 Å². The smallest absolute Gasteiger partial charge is 0.231 e. The van der Waals surface area contributed by atoms with Crippen LogP contribution in [0.2, 0.25) is 0 Å². The maximum absolute atomic E-state index is 5.90. The van der Waals surface area contributed by atoms with Crippen LogP contribution >= 0.6 is 0 Å². The zero-order valence-electron chi connectivity index (χ0n) is 11.7. The number of nitrogens with zero attached hydrogens (tertiary/aromatic N) is 2. The molecule has 2 rings (SSSR count). The molecule has 0 fully saturated rings. The van der Waals surface area contributed by atoms with Gasteiger partial charge >= 0.3 is 0 Å². The molecular formula is C14H19N3O3. The van der Waals surface area contributed by atoms with E-state index in [1.165, 1.54) is 0 Å². The van der Waals surface area contributed by atoms with E-state index in [4.69, 9.17) is 19.7 Å². The highest BCUT2D eigenvalue weighted by molar-refractivity contribution is 5.28. The second-order valence-corrected chi connectivity index (χ2v) is 4.34. The first-order valence-corrected chi connectivity index (χ1v) is 6.51. The first-order valence-electron chi connectivity index (χ1n) is 6.51. The maximum Gasteiger partial charge on any atom is 0.231 e. The Labute approximate surface area is 117 Å². The van der Waals surface area contributed by atoms with Crippen molar-refractivity contribution in [2.75, 3.05) is 20.3 Å². The number of benzene rings is 1. The third-order valence-corrected chi connectivity index (χ3v) is 2.83. The Morgan fingerprint density at radius 1 is 1.30 bits per heavy atom. The summed E-state index contributed by atoms with van der Waals surface area (Å²) in [5, 5.41) is 3.88. The summed E-state index contributed by atoms with van der Waals surface area (Å²) in [7, 11) is 1.64. The molecule has 20 heavy (non-hydrogen) atoms. The Morgan fingerprint density at radius 3 is 2.70 bits per heavy atom. The summed E-state index contributed by atoms with van der Waals surface area (Å²) in [5.41, 5.74) is 6.97. The summed E-state index contributed by atoms with van der Waals surface area (Å²) in [6, 6.07) is 7.36. The Balaban J connectivity index is 1.97. The van der Waals surface area contributed by atoms with Gasteiger partial charge in [0, 0.05) is 6.61 Å². The molecule has 0 saturated carbocycles. The number of nitrogens with two attached hydrogens (primary N) is 1. The second kappa shape index (κ2) is 7.02. The van der Waals surface area contributed by atoms with Gasteiger partial charge in [0.2, 0.25) is 5.89 Å². The molecule has 0 aliphatic heterocycles. The molecule has 0 radical (unpaired) electrons. The summed E-state index contributed by atoms with van der Waals surface area (Å²) in [6.07, 6.45) is 0.568. The van der Waals surface area contributed by atoms with Gasteiger partial charge in [0.05, 0.1) is 26.2 Å². The van der Waals surface area contributed by atoms with Gasteiger partial charge in [-0.05, 0) is 24.6 Å². The molecule has 1 aromatic heterocycles. The molecule has 0 aliphatic rings. The SMILES string of the molecule is CCOCC(N)c1noc(Cc2ccc(OC)cc2)n1. The van der Waals surface area contributed by atoms with Crippen LogP contribution < -0.4 is 10.5 Å². The summed E-state index contributed by atoms with van der Waals surface area (Å²) >= 11 is 0. The monoisotopic (exact) mass is 277 g/mol. The fourth-order valence-corrected chi connectivity index (χ4v) is 1.73. The molecule has 2 aromatic rings. The largest absolute Gasteiger partial charge is 0.497 e. The van der Waals surface area contributed by atoms with Gasteiger partial charge in [0.15, 0.2) is 5.82 Å². The molecular weight excluding hydrogens is 258 g/mol. The van der Waals surface area contributed by atoms with Crippen molar-refractivity contribution >= 4 is 0 Å². The number of hydrogen-bond acceptors (Lipinski definition) is 6. The third-order valence-electron chi connectivity index (χ3n) is 2.83. The average molecular weight is 277 g/mol. The normalized spacial score (nSPS) is 12.3. The summed E-state index contributed by atoms with van der Waals surface area (Å²) in [5.74, 6) is 1.83. The molecule has 0 bridgehead atoms. The molecule has 0 spiro atoms. The molecule has 2 N–H and O–H groups in total. The van der Waals surface area contributed by atoms with E-state index in [0.29, 0.717) is 31.3 Å². The highest BCUT2D eigenvalue weighted by atomic mass is 16.5. The Hall–Kier alpha value is -1.92. The van der Waals surface area contributed by atoms with Crippen molar-refractivity contribution in [2.45, 2.75) is 19.4 Å². The van der Waals surface area contributed by atoms with E-state index in [1.54, 1.807) is 7.11 Å². The third kappa shape index (κ3) is 3.79. The van der Waals surface area contributed by atoms with Crippen molar-refractivity contribution in [1.29, 1.82) is 0 Å². The minimum Gasteiger partial charge on any atom is -0.497 e. The lowest BCUT2D eigenvalue weighted by atomic mass is 10.1. The van der Waals surface area contributed by atoms with E-state index in [2.05, 4.69) is 10.1 Å². The van der Waals surface area contributed by atoms with Gasteiger partial charge in [-0.15, -0.1) is 0 Å². The number of methoxy groups -OCH3 is 1. The zero-order valence-corrected chi connectivity index (χ0v) is 11.7. The zero-order chi connectivity index (χ0) is 14.4. The summed E-state index contributed by atoms with van der Waals surface area (Å²) in [6.45, 7) is 2.92. The van der Waals surface area contributed by atoms with E-state index in [-0.39, 0.29) is 6.04 Å². The predicted octanol–water partition coefficient (Wildman–Crippen LogP) is 1.71. The van der Waals surface area contributed by atoms with Gasteiger partial charge < -0.3 is 19.7 Å². The van der Waals surface area contributed by atoms with Crippen LogP contribution in [-0.4, -0.2) is 30.5 Å². The van der Waals surface area contributed by atoms with Crippen LogP contribution in [0.5, 0.6) is 5.75 Å². The fraction of sp³-hybridized carbons (Fsp3) is 0.429. The molecule has 6 nitrogen and oxygen atoms in total. The second-order valence-electron chi connectivity index (χ2n) is 4.34. The highest BCUT2D eigenvalue weighted by Gasteiger charge is 2.14. The van der Waals surface area contributed by atoms with Gasteiger partial charge in [-0.2, -0.15) is 4.98 Å². The standard InChI is InChI=1S/C14H19N3O3/c1-3-19-9-12(15)14-16-13(20-17-14)8-10-4-6-11(18-2)7-5-10/h4-7,12H,3,8-9,15H2,1-2H3. The maximum atomic E-state index is 5.90. The lowest BCUT2D eigenvalue weighted by Crippen LogP contribution is -2.18. The molecule has 1 atom stereocenters. The van der Waals surface area contributed by atoms with Crippen LogP contribution in [0.15, 0.2) is 28.8 Å². The molecule has 1 unspecified atom stereocenters. The highest BCUT2D eigenvalue weighted by Crippen LogP contribution is 2.15. The van der Waals surface area contributed by atoms with E-state index < -0.39 is 0 Å². The van der Waals surface area contributed by atoms with Crippen molar-refractivity contribution < 1.29 is 14.0 Å². The van der Waals surface area contributed by atoms with Crippen molar-refractivity contribution in [3.05, 3.63) is 41.5 Å². The van der Waals surface area contributed by atoms with Gasteiger partial charge in [-0.1, -0.05) is 17.3 Å². The minimum absolute atomic E-state index is 0.358. The van der Waals surface area contributed by atoms with Crippen molar-refractivity contribution in [1.82, 2.24) is 10.1 Å². The molecule has 1 aromatic carbocycles.